The van der Waals surface area contributed by atoms with Crippen LogP contribution in [0.4, 0.5) is 5.69 Å². The van der Waals surface area contributed by atoms with E-state index >= 15 is 0 Å². The average molecular weight is 372 g/mol. The first-order chi connectivity index (χ1) is 12.8. The van der Waals surface area contributed by atoms with Crippen molar-refractivity contribution in [3.63, 3.8) is 0 Å². The van der Waals surface area contributed by atoms with Crippen LogP contribution in [0.3, 0.4) is 0 Å². The third-order valence-corrected chi connectivity index (χ3v) is 6.63. The minimum atomic E-state index is 0.766. The zero-order valence-corrected chi connectivity index (χ0v) is 16.5. The normalized spacial score (nSPS) is 20.4. The highest BCUT2D eigenvalue weighted by Crippen LogP contribution is 2.25. The topological polar surface area (TPSA) is 19.0 Å². The van der Waals surface area contributed by atoms with Gasteiger partial charge in [-0.25, -0.2) is 0 Å². The molecule has 1 aromatic heterocycles. The summed E-state index contributed by atoms with van der Waals surface area (Å²) < 4.78 is 5.37. The molecule has 4 nitrogen and oxygen atoms in total. The lowest BCUT2D eigenvalue weighted by Gasteiger charge is -2.43. The predicted molar refractivity (Wildman–Crippen MR) is 109 cm³/mol. The van der Waals surface area contributed by atoms with E-state index in [0.717, 1.165) is 31.4 Å². The smallest absolute Gasteiger partial charge is 0.120 e. The lowest BCUT2D eigenvalue weighted by Crippen LogP contribution is -2.53. The number of rotatable bonds is 5. The van der Waals surface area contributed by atoms with Crippen molar-refractivity contribution >= 4 is 17.0 Å². The van der Waals surface area contributed by atoms with Gasteiger partial charge in [-0.05, 0) is 36.4 Å². The van der Waals surface area contributed by atoms with Gasteiger partial charge in [0.25, 0.3) is 0 Å². The highest BCUT2D eigenvalue weighted by Gasteiger charge is 2.27. The maximum Gasteiger partial charge on any atom is 0.120 e. The first-order valence-corrected chi connectivity index (χ1v) is 10.6. The van der Waals surface area contributed by atoms with Crippen LogP contribution in [0.1, 0.15) is 17.7 Å². The number of thiophene rings is 1. The fraction of sp³-hybridized carbons (Fsp3) is 0.524. The van der Waals surface area contributed by atoms with Gasteiger partial charge in [-0.2, -0.15) is 0 Å². The molecule has 5 heteroatoms. The molecule has 0 radical (unpaired) electrons. The van der Waals surface area contributed by atoms with Crippen molar-refractivity contribution < 1.29 is 4.74 Å². The lowest BCUT2D eigenvalue weighted by molar-refractivity contribution is 0.100. The Morgan fingerprint density at radius 3 is 2.50 bits per heavy atom. The summed E-state index contributed by atoms with van der Waals surface area (Å²) in [7, 11) is 1.74. The summed E-state index contributed by atoms with van der Waals surface area (Å²) in [5.74, 6) is 0.947. The van der Waals surface area contributed by atoms with E-state index in [-0.39, 0.29) is 0 Å². The van der Waals surface area contributed by atoms with E-state index in [9.17, 15) is 0 Å². The minimum absolute atomic E-state index is 0.766. The van der Waals surface area contributed by atoms with Gasteiger partial charge in [0.05, 0.1) is 7.11 Å². The number of piperidine rings is 1. The van der Waals surface area contributed by atoms with E-state index in [1.165, 1.54) is 49.6 Å². The van der Waals surface area contributed by atoms with Crippen molar-refractivity contribution in [1.29, 1.82) is 0 Å². The molecule has 0 bridgehead atoms. The van der Waals surface area contributed by atoms with Crippen LogP contribution in [0.25, 0.3) is 0 Å². The van der Waals surface area contributed by atoms with Crippen LogP contribution in [0.2, 0.25) is 0 Å². The number of likely N-dealkylation sites (tertiary alicyclic amines) is 1. The number of hydrogen-bond donors (Lipinski definition) is 0. The standard InChI is InChI=1S/C21H29N3OS/c1-25-20-5-2-4-19(16-20)24-13-11-23(12-14-24)18-7-9-22(10-8-18)17-21-6-3-15-26-21/h2-6,15-16,18H,7-14,17H2,1H3. The number of benzene rings is 1. The summed E-state index contributed by atoms with van der Waals surface area (Å²) in [5, 5.41) is 2.18. The monoisotopic (exact) mass is 371 g/mol. The Balaban J connectivity index is 1.25. The molecule has 0 aliphatic carbocycles. The molecule has 0 saturated carbocycles. The van der Waals surface area contributed by atoms with E-state index in [0.29, 0.717) is 0 Å². The lowest BCUT2D eigenvalue weighted by atomic mass is 10.0. The third kappa shape index (κ3) is 4.22. The first kappa shape index (κ1) is 17.8. The molecule has 2 saturated heterocycles. The van der Waals surface area contributed by atoms with Gasteiger partial charge in [-0.3, -0.25) is 9.80 Å². The molecule has 2 aliphatic heterocycles. The van der Waals surface area contributed by atoms with Gasteiger partial charge < -0.3 is 9.64 Å². The van der Waals surface area contributed by atoms with Gasteiger partial charge in [-0.1, -0.05) is 12.1 Å². The third-order valence-electron chi connectivity index (χ3n) is 5.77. The summed E-state index contributed by atoms with van der Waals surface area (Å²) in [5.41, 5.74) is 1.29. The quantitative estimate of drug-likeness (QED) is 0.800. The highest BCUT2D eigenvalue weighted by atomic mass is 32.1. The van der Waals surface area contributed by atoms with Crippen LogP contribution in [0.15, 0.2) is 41.8 Å². The van der Waals surface area contributed by atoms with Crippen molar-refractivity contribution in [2.75, 3.05) is 51.3 Å². The Kier molecular flexibility index (Phi) is 5.78. The number of hydrogen-bond acceptors (Lipinski definition) is 5. The Hall–Kier alpha value is -1.56. The van der Waals surface area contributed by atoms with E-state index in [4.69, 9.17) is 4.74 Å². The molecule has 26 heavy (non-hydrogen) atoms. The molecular weight excluding hydrogens is 342 g/mol. The van der Waals surface area contributed by atoms with Crippen LogP contribution >= 0.6 is 11.3 Å². The fourth-order valence-corrected chi connectivity index (χ4v) is 4.96. The molecular formula is C21H29N3OS. The largest absolute Gasteiger partial charge is 0.497 e. The van der Waals surface area contributed by atoms with Crippen LogP contribution < -0.4 is 9.64 Å². The van der Waals surface area contributed by atoms with Crippen LogP contribution in [0.5, 0.6) is 5.75 Å². The molecule has 0 amide bonds. The van der Waals surface area contributed by atoms with E-state index in [1.54, 1.807) is 7.11 Å². The maximum absolute atomic E-state index is 5.37. The van der Waals surface area contributed by atoms with Crippen LogP contribution in [0, 0.1) is 0 Å². The second-order valence-electron chi connectivity index (χ2n) is 7.31. The summed E-state index contributed by atoms with van der Waals surface area (Å²) in [4.78, 5) is 9.33. The Labute approximate surface area is 161 Å². The van der Waals surface area contributed by atoms with Crippen LogP contribution in [-0.4, -0.2) is 62.2 Å². The van der Waals surface area contributed by atoms with Crippen molar-refractivity contribution in [3.8, 4) is 5.75 Å². The van der Waals surface area contributed by atoms with E-state index < -0.39 is 0 Å². The van der Waals surface area contributed by atoms with Crippen molar-refractivity contribution in [1.82, 2.24) is 9.80 Å². The molecule has 2 aromatic rings. The molecule has 2 aliphatic rings. The van der Waals surface area contributed by atoms with E-state index in [1.807, 2.05) is 17.4 Å². The van der Waals surface area contributed by atoms with Gasteiger partial charge in [0.1, 0.15) is 5.75 Å². The zero-order valence-electron chi connectivity index (χ0n) is 15.6. The van der Waals surface area contributed by atoms with Gasteiger partial charge >= 0.3 is 0 Å². The summed E-state index contributed by atoms with van der Waals surface area (Å²) in [6.45, 7) is 8.18. The molecule has 2 fully saturated rings. The van der Waals surface area contributed by atoms with Gasteiger partial charge in [0.2, 0.25) is 0 Å². The first-order valence-electron chi connectivity index (χ1n) is 9.69. The number of piperazine rings is 1. The molecule has 0 N–H and O–H groups in total. The number of nitrogens with zero attached hydrogens (tertiary/aromatic N) is 3. The maximum atomic E-state index is 5.37. The summed E-state index contributed by atoms with van der Waals surface area (Å²) in [6, 6.07) is 13.6. The Morgan fingerprint density at radius 1 is 1.00 bits per heavy atom. The van der Waals surface area contributed by atoms with Crippen molar-refractivity contribution in [3.05, 3.63) is 46.7 Å². The zero-order chi connectivity index (χ0) is 17.8. The second-order valence-corrected chi connectivity index (χ2v) is 8.34. The van der Waals surface area contributed by atoms with Gasteiger partial charge in [0, 0.05) is 68.5 Å². The minimum Gasteiger partial charge on any atom is -0.497 e. The summed E-state index contributed by atoms with van der Waals surface area (Å²) >= 11 is 1.88. The average Bonchev–Trinajstić information content (AvgIpc) is 3.22. The number of anilines is 1. The molecule has 0 atom stereocenters. The molecule has 0 spiro atoms. The SMILES string of the molecule is COc1cccc(N2CCN(C3CCN(Cc4cccs4)CC3)CC2)c1. The molecule has 3 heterocycles. The highest BCUT2D eigenvalue weighted by molar-refractivity contribution is 7.09. The summed E-state index contributed by atoms with van der Waals surface area (Å²) in [6.07, 6.45) is 2.62. The fourth-order valence-electron chi connectivity index (χ4n) is 4.22. The molecule has 1 aromatic carbocycles. The van der Waals surface area contributed by atoms with Crippen molar-refractivity contribution in [2.45, 2.75) is 25.4 Å². The molecule has 0 unspecified atom stereocenters. The second kappa shape index (κ2) is 8.42. The Morgan fingerprint density at radius 2 is 1.81 bits per heavy atom. The molecule has 4 rings (SSSR count). The van der Waals surface area contributed by atoms with Gasteiger partial charge in [-0.15, -0.1) is 11.3 Å². The van der Waals surface area contributed by atoms with Gasteiger partial charge in [0.15, 0.2) is 0 Å². The molecule has 140 valence electrons. The predicted octanol–water partition coefficient (Wildman–Crippen LogP) is 3.54. The number of ether oxygens (including phenoxy) is 1. The van der Waals surface area contributed by atoms with E-state index in [2.05, 4.69) is 50.4 Å². The number of methoxy groups -OCH3 is 1. The van der Waals surface area contributed by atoms with Crippen molar-refractivity contribution in [2.24, 2.45) is 0 Å². The Bertz CT molecular complexity index is 674. The van der Waals surface area contributed by atoms with Crippen LogP contribution in [-0.2, 0) is 6.54 Å².